The van der Waals surface area contributed by atoms with E-state index in [2.05, 4.69) is 20.5 Å². The van der Waals surface area contributed by atoms with Gasteiger partial charge >= 0.3 is 5.69 Å². The lowest BCUT2D eigenvalue weighted by Gasteiger charge is -2.08. The molecule has 0 spiro atoms. The maximum atomic E-state index is 12.7. The molecule has 0 N–H and O–H groups in total. The molecule has 0 radical (unpaired) electrons. The fourth-order valence-corrected chi connectivity index (χ4v) is 3.98. The van der Waals surface area contributed by atoms with Crippen LogP contribution in [0.4, 0.5) is 0 Å². The SMILES string of the molecule is Cc1cccc(-n2nnnc2SCCCn2c(=O)c3c(ncn3C)n(C)c2=O)c1. The third-order valence-corrected chi connectivity index (χ3v) is 5.65. The summed E-state index contributed by atoms with van der Waals surface area (Å²) in [6, 6.07) is 7.92. The minimum atomic E-state index is -0.365. The molecule has 3 aromatic heterocycles. The van der Waals surface area contributed by atoms with Crippen molar-refractivity contribution in [2.45, 2.75) is 25.0 Å². The van der Waals surface area contributed by atoms with Crippen molar-refractivity contribution in [2.24, 2.45) is 14.1 Å². The van der Waals surface area contributed by atoms with E-state index in [1.165, 1.54) is 27.2 Å². The number of hydrogen-bond donors (Lipinski definition) is 0. The Balaban J connectivity index is 1.49. The molecule has 0 aliphatic heterocycles. The Morgan fingerprint density at radius 2 is 2.00 bits per heavy atom. The molecule has 0 fully saturated rings. The molecule has 11 heteroatoms. The van der Waals surface area contributed by atoms with E-state index in [4.69, 9.17) is 0 Å². The number of thioether (sulfide) groups is 1. The summed E-state index contributed by atoms with van der Waals surface area (Å²) in [6.07, 6.45) is 2.15. The van der Waals surface area contributed by atoms with Crippen molar-refractivity contribution in [3.63, 3.8) is 0 Å². The van der Waals surface area contributed by atoms with Crippen molar-refractivity contribution in [3.05, 3.63) is 57.0 Å². The number of tetrazole rings is 1. The van der Waals surface area contributed by atoms with Crippen LogP contribution >= 0.6 is 11.8 Å². The van der Waals surface area contributed by atoms with Crippen LogP contribution in [0, 0.1) is 6.92 Å². The molecule has 4 aromatic rings. The van der Waals surface area contributed by atoms with E-state index in [1.807, 2.05) is 31.2 Å². The molecular weight excluding hydrogens is 392 g/mol. The molecule has 0 aliphatic carbocycles. The van der Waals surface area contributed by atoms with Crippen LogP contribution in [0.5, 0.6) is 0 Å². The van der Waals surface area contributed by atoms with E-state index in [1.54, 1.807) is 23.3 Å². The number of hydrogen-bond acceptors (Lipinski definition) is 7. The van der Waals surface area contributed by atoms with E-state index in [0.29, 0.717) is 35.0 Å². The van der Waals surface area contributed by atoms with Crippen molar-refractivity contribution < 1.29 is 0 Å². The first-order valence-corrected chi connectivity index (χ1v) is 10.0. The van der Waals surface area contributed by atoms with Crippen LogP contribution < -0.4 is 11.2 Å². The normalized spacial score (nSPS) is 11.4. The van der Waals surface area contributed by atoms with Gasteiger partial charge in [0.1, 0.15) is 0 Å². The summed E-state index contributed by atoms with van der Waals surface area (Å²) < 4.78 is 5.99. The Kier molecular flexibility index (Phi) is 5.05. The summed E-state index contributed by atoms with van der Waals surface area (Å²) in [5.41, 5.74) is 2.14. The number of nitrogens with zero attached hydrogens (tertiary/aromatic N) is 8. The van der Waals surface area contributed by atoms with Crippen molar-refractivity contribution in [1.29, 1.82) is 0 Å². The fourth-order valence-electron chi connectivity index (χ4n) is 3.17. The molecule has 0 bridgehead atoms. The van der Waals surface area contributed by atoms with Gasteiger partial charge in [0, 0.05) is 26.4 Å². The van der Waals surface area contributed by atoms with Crippen molar-refractivity contribution in [2.75, 3.05) is 5.75 Å². The zero-order valence-corrected chi connectivity index (χ0v) is 17.1. The predicted octanol–water partition coefficient (Wildman–Crippen LogP) is 0.900. The van der Waals surface area contributed by atoms with Gasteiger partial charge in [0.05, 0.1) is 12.0 Å². The van der Waals surface area contributed by atoms with Gasteiger partial charge in [-0.2, -0.15) is 4.68 Å². The van der Waals surface area contributed by atoms with Crippen molar-refractivity contribution in [3.8, 4) is 5.69 Å². The maximum absolute atomic E-state index is 12.7. The third-order valence-electron chi connectivity index (χ3n) is 4.65. The van der Waals surface area contributed by atoms with Crippen molar-refractivity contribution in [1.82, 2.24) is 38.9 Å². The minimum absolute atomic E-state index is 0.311. The Morgan fingerprint density at radius 3 is 2.79 bits per heavy atom. The summed E-state index contributed by atoms with van der Waals surface area (Å²) in [5, 5.41) is 12.6. The van der Waals surface area contributed by atoms with Gasteiger partial charge in [-0.1, -0.05) is 23.9 Å². The highest BCUT2D eigenvalue weighted by molar-refractivity contribution is 7.99. The lowest BCUT2D eigenvalue weighted by Crippen LogP contribution is -2.39. The van der Waals surface area contributed by atoms with E-state index >= 15 is 0 Å². The van der Waals surface area contributed by atoms with Gasteiger partial charge < -0.3 is 4.57 Å². The molecule has 0 saturated heterocycles. The van der Waals surface area contributed by atoms with Gasteiger partial charge in [-0.3, -0.25) is 13.9 Å². The summed E-state index contributed by atoms with van der Waals surface area (Å²) in [6.45, 7) is 2.32. The topological polar surface area (TPSA) is 105 Å². The summed E-state index contributed by atoms with van der Waals surface area (Å²) in [5.74, 6) is 0.658. The summed E-state index contributed by atoms with van der Waals surface area (Å²) in [4.78, 5) is 29.4. The van der Waals surface area contributed by atoms with Crippen LogP contribution in [0.25, 0.3) is 16.9 Å². The number of imidazole rings is 1. The van der Waals surface area contributed by atoms with Crippen LogP contribution in [0.15, 0.2) is 45.3 Å². The van der Waals surface area contributed by atoms with Crippen LogP contribution in [0.3, 0.4) is 0 Å². The van der Waals surface area contributed by atoms with Gasteiger partial charge in [-0.05, 0) is 41.5 Å². The Labute approximate surface area is 169 Å². The predicted molar refractivity (Wildman–Crippen MR) is 109 cm³/mol. The quantitative estimate of drug-likeness (QED) is 0.342. The zero-order chi connectivity index (χ0) is 20.5. The van der Waals surface area contributed by atoms with E-state index in [-0.39, 0.29) is 11.2 Å². The van der Waals surface area contributed by atoms with Crippen molar-refractivity contribution >= 4 is 22.9 Å². The third kappa shape index (κ3) is 3.48. The Morgan fingerprint density at radius 1 is 1.17 bits per heavy atom. The van der Waals surface area contributed by atoms with Gasteiger partial charge in [-0.15, -0.1) is 5.10 Å². The molecule has 3 heterocycles. The first-order valence-electron chi connectivity index (χ1n) is 9.06. The molecule has 0 atom stereocenters. The molecule has 10 nitrogen and oxygen atoms in total. The second kappa shape index (κ2) is 7.66. The molecule has 29 heavy (non-hydrogen) atoms. The number of fused-ring (bicyclic) bond motifs is 1. The molecule has 1 aromatic carbocycles. The number of benzene rings is 1. The maximum Gasteiger partial charge on any atom is 0.332 e. The smallest absolute Gasteiger partial charge is 0.328 e. The second-order valence-corrected chi connectivity index (χ2v) is 7.80. The monoisotopic (exact) mass is 412 g/mol. The largest absolute Gasteiger partial charge is 0.332 e. The van der Waals surface area contributed by atoms with Gasteiger partial charge in [0.2, 0.25) is 5.16 Å². The molecule has 0 saturated carbocycles. The molecule has 0 amide bonds. The standard InChI is InChI=1S/C18H20N8O2S/c1-12-6-4-7-13(10-12)26-17(20-21-22-26)29-9-5-8-25-16(27)14-15(19-11-23(14)2)24(3)18(25)28/h4,6-7,10-11H,5,8-9H2,1-3H3. The molecule has 150 valence electrons. The van der Waals surface area contributed by atoms with Gasteiger partial charge in [0.25, 0.3) is 5.56 Å². The van der Waals surface area contributed by atoms with E-state index < -0.39 is 0 Å². The number of aryl methyl sites for hydroxylation is 3. The number of aromatic nitrogens is 8. The van der Waals surface area contributed by atoms with E-state index in [0.717, 1.165) is 11.3 Å². The highest BCUT2D eigenvalue weighted by Crippen LogP contribution is 2.19. The van der Waals surface area contributed by atoms with Gasteiger partial charge in [-0.25, -0.2) is 9.78 Å². The lowest BCUT2D eigenvalue weighted by molar-refractivity contribution is 0.594. The van der Waals surface area contributed by atoms with Crippen LogP contribution in [0.1, 0.15) is 12.0 Å². The van der Waals surface area contributed by atoms with Crippen LogP contribution in [-0.4, -0.2) is 44.6 Å². The van der Waals surface area contributed by atoms with E-state index in [9.17, 15) is 9.59 Å². The minimum Gasteiger partial charge on any atom is -0.328 e. The zero-order valence-electron chi connectivity index (χ0n) is 16.3. The fraction of sp³-hybridized carbons (Fsp3) is 0.333. The Bertz CT molecular complexity index is 1300. The van der Waals surface area contributed by atoms with Crippen LogP contribution in [-0.2, 0) is 20.6 Å². The average Bonchev–Trinajstić information content (AvgIpc) is 3.32. The first-order chi connectivity index (χ1) is 14.0. The number of rotatable bonds is 6. The Hall–Kier alpha value is -3.21. The first kappa shape index (κ1) is 19.1. The van der Waals surface area contributed by atoms with Gasteiger partial charge in [0.15, 0.2) is 11.2 Å². The summed E-state index contributed by atoms with van der Waals surface area (Å²) in [7, 11) is 3.37. The molecule has 0 unspecified atom stereocenters. The summed E-state index contributed by atoms with van der Waals surface area (Å²) >= 11 is 1.48. The molecule has 4 rings (SSSR count). The highest BCUT2D eigenvalue weighted by Gasteiger charge is 2.15. The molecular formula is C18H20N8O2S. The molecule has 0 aliphatic rings. The highest BCUT2D eigenvalue weighted by atomic mass is 32.2. The second-order valence-electron chi connectivity index (χ2n) is 6.74. The van der Waals surface area contributed by atoms with Crippen LogP contribution in [0.2, 0.25) is 0 Å². The average molecular weight is 412 g/mol. The lowest BCUT2D eigenvalue weighted by atomic mass is 10.2.